The number of rotatable bonds is 2. The van der Waals surface area contributed by atoms with Gasteiger partial charge in [-0.2, -0.15) is 8.78 Å². The van der Waals surface area contributed by atoms with Gasteiger partial charge in [-0.1, -0.05) is 23.2 Å². The normalized spacial score (nSPS) is 14.5. The molecule has 1 aromatic carbocycles. The van der Waals surface area contributed by atoms with Gasteiger partial charge in [-0.3, -0.25) is 0 Å². The predicted octanol–water partition coefficient (Wildman–Crippen LogP) is 4.09. The molecule has 1 aliphatic rings. The molecular weight excluding hydrogens is 403 g/mol. The van der Waals surface area contributed by atoms with Crippen LogP contribution in [0.2, 0.25) is 10.0 Å². The molecule has 0 bridgehead atoms. The standard InChI is InChI=1S/C13H10Cl3F2N5S/c14-8-2-1-7(5-9(8)15)19-12(24)22-3-4-23-10(6-22)20-21-11(23)13(16,17)18/h1-2,5H,3-4,6H2,(H,19,24). The van der Waals surface area contributed by atoms with Gasteiger partial charge in [0.25, 0.3) is 0 Å². The monoisotopic (exact) mass is 411 g/mol. The molecule has 2 aromatic rings. The van der Waals surface area contributed by atoms with Crippen molar-refractivity contribution in [2.45, 2.75) is 18.5 Å². The fourth-order valence-electron chi connectivity index (χ4n) is 2.32. The smallest absolute Gasteiger partial charge is 0.340 e. The van der Waals surface area contributed by atoms with Crippen molar-refractivity contribution >= 4 is 57.8 Å². The summed E-state index contributed by atoms with van der Waals surface area (Å²) in [6.45, 7) is 0.911. The quantitative estimate of drug-likeness (QED) is 0.595. The molecule has 1 N–H and O–H groups in total. The zero-order valence-electron chi connectivity index (χ0n) is 11.9. The van der Waals surface area contributed by atoms with Crippen LogP contribution in [0.5, 0.6) is 0 Å². The molecule has 128 valence electrons. The molecule has 11 heteroatoms. The van der Waals surface area contributed by atoms with Crippen molar-refractivity contribution in [3.05, 3.63) is 39.9 Å². The molecule has 3 rings (SSSR count). The SMILES string of the molecule is FC(F)(Cl)c1nnc2n1CCN(C(=S)Nc1ccc(Cl)c(Cl)c1)C2. The van der Waals surface area contributed by atoms with Crippen molar-refractivity contribution in [3.8, 4) is 0 Å². The van der Waals surface area contributed by atoms with Crippen molar-refractivity contribution in [2.24, 2.45) is 0 Å². The number of hydrogen-bond acceptors (Lipinski definition) is 3. The Balaban J connectivity index is 1.72. The molecule has 0 amide bonds. The fourth-order valence-corrected chi connectivity index (χ4v) is 3.03. The van der Waals surface area contributed by atoms with E-state index in [4.69, 9.17) is 47.0 Å². The van der Waals surface area contributed by atoms with E-state index in [2.05, 4.69) is 15.5 Å². The second-order valence-corrected chi connectivity index (χ2v) is 6.75. The van der Waals surface area contributed by atoms with Gasteiger partial charge in [0.1, 0.15) is 0 Å². The van der Waals surface area contributed by atoms with E-state index in [-0.39, 0.29) is 13.1 Å². The summed E-state index contributed by atoms with van der Waals surface area (Å²) in [4.78, 5) is 1.79. The second kappa shape index (κ2) is 6.59. The Bertz CT molecular complexity index is 792. The van der Waals surface area contributed by atoms with Gasteiger partial charge >= 0.3 is 5.38 Å². The van der Waals surface area contributed by atoms with Crippen LogP contribution in [-0.4, -0.2) is 31.3 Å². The largest absolute Gasteiger partial charge is 0.381 e. The Morgan fingerprint density at radius 3 is 2.62 bits per heavy atom. The average molecular weight is 413 g/mol. The number of fused-ring (bicyclic) bond motifs is 1. The van der Waals surface area contributed by atoms with Gasteiger partial charge in [0, 0.05) is 18.8 Å². The van der Waals surface area contributed by atoms with Gasteiger partial charge in [0.05, 0.1) is 16.6 Å². The third-order valence-corrected chi connectivity index (χ3v) is 4.73. The van der Waals surface area contributed by atoms with Crippen molar-refractivity contribution < 1.29 is 8.78 Å². The van der Waals surface area contributed by atoms with Crippen LogP contribution < -0.4 is 5.32 Å². The number of aromatic nitrogens is 3. The van der Waals surface area contributed by atoms with Crippen molar-refractivity contribution in [1.29, 1.82) is 0 Å². The molecule has 0 aliphatic carbocycles. The molecule has 1 aliphatic heterocycles. The maximum atomic E-state index is 13.3. The summed E-state index contributed by atoms with van der Waals surface area (Å²) in [6, 6.07) is 5.03. The van der Waals surface area contributed by atoms with Gasteiger partial charge in [0.15, 0.2) is 10.9 Å². The number of nitrogens with zero attached hydrogens (tertiary/aromatic N) is 4. The van der Waals surface area contributed by atoms with Crippen LogP contribution in [0.15, 0.2) is 18.2 Å². The maximum Gasteiger partial charge on any atom is 0.381 e. The molecule has 2 heterocycles. The van der Waals surface area contributed by atoms with Gasteiger partial charge in [0.2, 0.25) is 5.82 Å². The highest BCUT2D eigenvalue weighted by Gasteiger charge is 2.37. The third-order valence-electron chi connectivity index (χ3n) is 3.46. The molecule has 5 nitrogen and oxygen atoms in total. The lowest BCUT2D eigenvalue weighted by molar-refractivity contribution is 0.0778. The molecule has 0 unspecified atom stereocenters. The Morgan fingerprint density at radius 2 is 1.96 bits per heavy atom. The summed E-state index contributed by atoms with van der Waals surface area (Å²) >= 11 is 22.2. The van der Waals surface area contributed by atoms with Crippen molar-refractivity contribution in [3.63, 3.8) is 0 Å². The lowest BCUT2D eigenvalue weighted by Gasteiger charge is -2.30. The number of benzene rings is 1. The maximum absolute atomic E-state index is 13.3. The molecule has 0 saturated carbocycles. The third kappa shape index (κ3) is 3.56. The predicted molar refractivity (Wildman–Crippen MR) is 92.9 cm³/mol. The number of alkyl halides is 3. The Labute approximate surface area is 156 Å². The van der Waals surface area contributed by atoms with Gasteiger partial charge < -0.3 is 14.8 Å². The van der Waals surface area contributed by atoms with Crippen LogP contribution in [0.25, 0.3) is 0 Å². The van der Waals surface area contributed by atoms with Crippen LogP contribution in [-0.2, 0) is 18.5 Å². The number of anilines is 1. The molecule has 24 heavy (non-hydrogen) atoms. The molecule has 0 atom stereocenters. The topological polar surface area (TPSA) is 46.0 Å². The van der Waals surface area contributed by atoms with Crippen LogP contribution in [0.4, 0.5) is 14.5 Å². The minimum absolute atomic E-state index is 0.243. The van der Waals surface area contributed by atoms with Crippen LogP contribution in [0.1, 0.15) is 11.6 Å². The highest BCUT2D eigenvalue weighted by molar-refractivity contribution is 7.80. The number of nitrogens with one attached hydrogen (secondary N) is 1. The first-order valence-corrected chi connectivity index (χ1v) is 8.30. The summed E-state index contributed by atoms with van der Waals surface area (Å²) in [5.74, 6) is -0.183. The lowest BCUT2D eigenvalue weighted by Crippen LogP contribution is -2.41. The molecule has 0 spiro atoms. The Kier molecular flexibility index (Phi) is 4.83. The first-order chi connectivity index (χ1) is 11.3. The molecular formula is C13H10Cl3F2N5S. The van der Waals surface area contributed by atoms with Crippen molar-refractivity contribution in [1.82, 2.24) is 19.7 Å². The molecule has 0 saturated heterocycles. The molecule has 0 radical (unpaired) electrons. The molecule has 1 aromatic heterocycles. The van der Waals surface area contributed by atoms with E-state index in [9.17, 15) is 8.78 Å². The lowest BCUT2D eigenvalue weighted by atomic mass is 10.3. The van der Waals surface area contributed by atoms with Gasteiger partial charge in [-0.05, 0) is 42.0 Å². The van der Waals surface area contributed by atoms with E-state index in [1.165, 1.54) is 4.57 Å². The van der Waals surface area contributed by atoms with Gasteiger partial charge in [-0.15, -0.1) is 10.2 Å². The first kappa shape index (κ1) is 17.6. The van der Waals surface area contributed by atoms with E-state index in [1.807, 2.05) is 0 Å². The first-order valence-electron chi connectivity index (χ1n) is 6.76. The zero-order valence-corrected chi connectivity index (χ0v) is 15.0. The van der Waals surface area contributed by atoms with E-state index < -0.39 is 11.2 Å². The number of thiocarbonyl (C=S) groups is 1. The number of halogens is 5. The van der Waals surface area contributed by atoms with E-state index >= 15 is 0 Å². The summed E-state index contributed by atoms with van der Waals surface area (Å²) in [5, 5.41) is 7.98. The van der Waals surface area contributed by atoms with Crippen molar-refractivity contribution in [2.75, 3.05) is 11.9 Å². The summed E-state index contributed by atoms with van der Waals surface area (Å²) in [7, 11) is 0. The minimum atomic E-state index is -3.55. The van der Waals surface area contributed by atoms with Crippen LogP contribution in [0, 0.1) is 0 Å². The summed E-state index contributed by atoms with van der Waals surface area (Å²) in [6.07, 6.45) is 0. The summed E-state index contributed by atoms with van der Waals surface area (Å²) < 4.78 is 27.8. The van der Waals surface area contributed by atoms with E-state index in [0.29, 0.717) is 33.2 Å². The van der Waals surface area contributed by atoms with E-state index in [1.54, 1.807) is 23.1 Å². The highest BCUT2D eigenvalue weighted by Crippen LogP contribution is 2.32. The summed E-state index contributed by atoms with van der Waals surface area (Å²) in [5.41, 5.74) is 0.675. The van der Waals surface area contributed by atoms with Crippen LogP contribution in [0.3, 0.4) is 0 Å². The Hall–Kier alpha value is -1.22. The van der Waals surface area contributed by atoms with E-state index in [0.717, 1.165) is 0 Å². The zero-order chi connectivity index (χ0) is 17.5. The average Bonchev–Trinajstić information content (AvgIpc) is 2.94. The second-order valence-electron chi connectivity index (χ2n) is 5.07. The highest BCUT2D eigenvalue weighted by atomic mass is 35.5. The molecule has 0 fully saturated rings. The minimum Gasteiger partial charge on any atom is -0.340 e. The number of hydrogen-bond donors (Lipinski definition) is 1. The fraction of sp³-hybridized carbons (Fsp3) is 0.308. The Morgan fingerprint density at radius 1 is 1.21 bits per heavy atom. The van der Waals surface area contributed by atoms with Gasteiger partial charge in [-0.25, -0.2) is 0 Å². The van der Waals surface area contributed by atoms with Crippen LogP contribution >= 0.6 is 47.0 Å².